The number of nitrogens with one attached hydrogen (secondary N) is 1. The molecule has 0 aliphatic carbocycles. The number of hydrogen-bond acceptors (Lipinski definition) is 4. The fraction of sp³-hybridized carbons (Fsp3) is 0.0667. The topological polar surface area (TPSA) is 75.9 Å². The third-order valence-electron chi connectivity index (χ3n) is 3.09. The number of carboxylic acids is 1. The summed E-state index contributed by atoms with van der Waals surface area (Å²) in [7, 11) is 1.59. The number of imidazole rings is 1. The number of fused-ring (bicyclic) bond motifs is 1. The molecule has 0 amide bonds. The second-order valence-electron chi connectivity index (χ2n) is 4.40. The van der Waals surface area contributed by atoms with E-state index in [4.69, 9.17) is 4.74 Å². The number of anilines is 2. The Morgan fingerprint density at radius 2 is 2.00 bits per heavy atom. The summed E-state index contributed by atoms with van der Waals surface area (Å²) in [6.07, 6.45) is 1.67. The first-order valence-electron chi connectivity index (χ1n) is 6.30. The van der Waals surface area contributed by atoms with Crippen molar-refractivity contribution in [1.29, 1.82) is 0 Å². The molecule has 0 saturated carbocycles. The van der Waals surface area contributed by atoms with Crippen molar-refractivity contribution in [3.05, 3.63) is 54.4 Å². The fourth-order valence-corrected chi connectivity index (χ4v) is 2.10. The number of hydrogen-bond donors (Lipinski definition) is 2. The van der Waals surface area contributed by atoms with Gasteiger partial charge in [0.05, 0.1) is 7.11 Å². The Bertz CT molecular complexity index is 794. The summed E-state index contributed by atoms with van der Waals surface area (Å²) >= 11 is 0. The van der Waals surface area contributed by atoms with E-state index in [-0.39, 0.29) is 5.69 Å². The highest BCUT2D eigenvalue weighted by atomic mass is 16.5. The summed E-state index contributed by atoms with van der Waals surface area (Å²) in [6, 6.07) is 12.5. The van der Waals surface area contributed by atoms with Crippen molar-refractivity contribution in [2.45, 2.75) is 0 Å². The second-order valence-corrected chi connectivity index (χ2v) is 4.40. The lowest BCUT2D eigenvalue weighted by atomic mass is 10.3. The molecule has 2 heterocycles. The molecule has 2 N–H and O–H groups in total. The summed E-state index contributed by atoms with van der Waals surface area (Å²) in [6.45, 7) is 0. The second kappa shape index (κ2) is 5.16. The van der Waals surface area contributed by atoms with Crippen LogP contribution in [0.15, 0.2) is 48.7 Å². The predicted molar refractivity (Wildman–Crippen MR) is 78.4 cm³/mol. The van der Waals surface area contributed by atoms with Crippen LogP contribution < -0.4 is 10.1 Å². The summed E-state index contributed by atoms with van der Waals surface area (Å²) in [5, 5.41) is 12.4. The Hall–Kier alpha value is -3.02. The molecule has 2 aromatic heterocycles. The molecule has 0 fully saturated rings. The van der Waals surface area contributed by atoms with E-state index in [1.165, 1.54) is 4.40 Å². The first-order chi connectivity index (χ1) is 10.2. The molecule has 0 saturated heterocycles. The minimum Gasteiger partial charge on any atom is -0.497 e. The minimum atomic E-state index is -1.04. The molecule has 3 aromatic rings. The zero-order valence-corrected chi connectivity index (χ0v) is 11.3. The predicted octanol–water partition coefficient (Wildman–Crippen LogP) is 2.78. The lowest BCUT2D eigenvalue weighted by molar-refractivity contribution is 0.0690. The number of pyridine rings is 1. The number of methoxy groups -OCH3 is 1. The van der Waals surface area contributed by atoms with Crippen molar-refractivity contribution in [2.24, 2.45) is 0 Å². The van der Waals surface area contributed by atoms with E-state index < -0.39 is 5.97 Å². The number of ether oxygens (including phenoxy) is 1. The zero-order chi connectivity index (χ0) is 14.8. The Balaban J connectivity index is 2.02. The van der Waals surface area contributed by atoms with Gasteiger partial charge in [-0.25, -0.2) is 9.78 Å². The molecule has 6 nitrogen and oxygen atoms in total. The van der Waals surface area contributed by atoms with Crippen molar-refractivity contribution in [3.8, 4) is 5.75 Å². The van der Waals surface area contributed by atoms with Gasteiger partial charge >= 0.3 is 5.97 Å². The lowest BCUT2D eigenvalue weighted by Gasteiger charge is -2.05. The summed E-state index contributed by atoms with van der Waals surface area (Å²) in [5.41, 5.74) is 1.41. The molecule has 0 spiro atoms. The average molecular weight is 283 g/mol. The number of aromatic nitrogens is 2. The number of carbonyl (C=O) groups is 1. The van der Waals surface area contributed by atoms with Gasteiger partial charge in [0.15, 0.2) is 11.5 Å². The number of benzene rings is 1. The molecule has 0 unspecified atom stereocenters. The SMILES string of the molecule is COc1ccc(Nc2nc3ccccn3c2C(=O)O)cc1. The third kappa shape index (κ3) is 2.38. The molecule has 0 bridgehead atoms. The summed E-state index contributed by atoms with van der Waals surface area (Å²) in [5.74, 6) is -0.00223. The smallest absolute Gasteiger partial charge is 0.356 e. The first-order valence-corrected chi connectivity index (χ1v) is 6.30. The molecule has 0 aliphatic heterocycles. The third-order valence-corrected chi connectivity index (χ3v) is 3.09. The first kappa shape index (κ1) is 13.0. The number of carboxylic acid groups (broad SMARTS) is 1. The van der Waals surface area contributed by atoms with E-state index in [2.05, 4.69) is 10.3 Å². The van der Waals surface area contributed by atoms with Crippen molar-refractivity contribution >= 4 is 23.1 Å². The number of aromatic carboxylic acids is 1. The Kier molecular flexibility index (Phi) is 3.19. The van der Waals surface area contributed by atoms with Crippen molar-refractivity contribution in [1.82, 2.24) is 9.38 Å². The van der Waals surface area contributed by atoms with Gasteiger partial charge in [-0.05, 0) is 36.4 Å². The van der Waals surface area contributed by atoms with Crippen LogP contribution in [0.25, 0.3) is 5.65 Å². The molecule has 0 aliphatic rings. The van der Waals surface area contributed by atoms with Gasteiger partial charge in [0.25, 0.3) is 0 Å². The Morgan fingerprint density at radius 3 is 2.67 bits per heavy atom. The molecule has 1 aromatic carbocycles. The van der Waals surface area contributed by atoms with Crippen LogP contribution in [0.2, 0.25) is 0 Å². The molecule has 3 rings (SSSR count). The zero-order valence-electron chi connectivity index (χ0n) is 11.3. The maximum atomic E-state index is 11.5. The van der Waals surface area contributed by atoms with Gasteiger partial charge in [0.2, 0.25) is 0 Å². The van der Waals surface area contributed by atoms with Crippen LogP contribution in [0.4, 0.5) is 11.5 Å². The summed E-state index contributed by atoms with van der Waals surface area (Å²) in [4.78, 5) is 15.8. The standard InChI is InChI=1S/C15H13N3O3/c1-21-11-7-5-10(6-8-11)16-14-13(15(19)20)18-9-3-2-4-12(18)17-14/h2-9,16H,1H3,(H,19,20). The Morgan fingerprint density at radius 1 is 1.24 bits per heavy atom. The van der Waals surface area contributed by atoms with E-state index in [9.17, 15) is 9.90 Å². The van der Waals surface area contributed by atoms with Gasteiger partial charge in [-0.2, -0.15) is 0 Å². The van der Waals surface area contributed by atoms with Crippen molar-refractivity contribution in [2.75, 3.05) is 12.4 Å². The maximum absolute atomic E-state index is 11.5. The van der Waals surface area contributed by atoms with Gasteiger partial charge in [0.1, 0.15) is 11.4 Å². The highest BCUT2D eigenvalue weighted by molar-refractivity contribution is 5.93. The van der Waals surface area contributed by atoms with E-state index in [1.807, 2.05) is 6.07 Å². The van der Waals surface area contributed by atoms with E-state index in [0.717, 1.165) is 11.4 Å². The number of nitrogens with zero attached hydrogens (tertiary/aromatic N) is 2. The van der Waals surface area contributed by atoms with Crippen LogP contribution in [0.1, 0.15) is 10.5 Å². The molecule has 0 radical (unpaired) electrons. The number of rotatable bonds is 4. The van der Waals surface area contributed by atoms with Gasteiger partial charge in [-0.3, -0.25) is 4.40 Å². The van der Waals surface area contributed by atoms with Gasteiger partial charge in [-0.15, -0.1) is 0 Å². The maximum Gasteiger partial charge on any atom is 0.356 e. The largest absolute Gasteiger partial charge is 0.497 e. The monoisotopic (exact) mass is 283 g/mol. The van der Waals surface area contributed by atoms with Crippen molar-refractivity contribution < 1.29 is 14.6 Å². The molecule has 106 valence electrons. The van der Waals surface area contributed by atoms with Crippen LogP contribution in [-0.2, 0) is 0 Å². The van der Waals surface area contributed by atoms with E-state index >= 15 is 0 Å². The average Bonchev–Trinajstić information content (AvgIpc) is 2.86. The highest BCUT2D eigenvalue weighted by Crippen LogP contribution is 2.23. The van der Waals surface area contributed by atoms with Gasteiger partial charge < -0.3 is 15.2 Å². The fourth-order valence-electron chi connectivity index (χ4n) is 2.10. The van der Waals surface area contributed by atoms with Crippen LogP contribution in [0.3, 0.4) is 0 Å². The molecule has 0 atom stereocenters. The minimum absolute atomic E-state index is 0.0985. The van der Waals surface area contributed by atoms with Crippen LogP contribution in [-0.4, -0.2) is 27.6 Å². The van der Waals surface area contributed by atoms with Crippen LogP contribution in [0.5, 0.6) is 5.75 Å². The Labute approximate surface area is 120 Å². The molecule has 21 heavy (non-hydrogen) atoms. The van der Waals surface area contributed by atoms with Gasteiger partial charge in [-0.1, -0.05) is 6.07 Å². The normalized spacial score (nSPS) is 10.5. The van der Waals surface area contributed by atoms with Crippen LogP contribution in [0, 0.1) is 0 Å². The molecule has 6 heteroatoms. The molecular formula is C15H13N3O3. The van der Waals surface area contributed by atoms with Crippen molar-refractivity contribution in [3.63, 3.8) is 0 Å². The highest BCUT2D eigenvalue weighted by Gasteiger charge is 2.18. The van der Waals surface area contributed by atoms with Gasteiger partial charge in [0, 0.05) is 11.9 Å². The van der Waals surface area contributed by atoms with Crippen LogP contribution >= 0.6 is 0 Å². The quantitative estimate of drug-likeness (QED) is 0.770. The van der Waals surface area contributed by atoms with E-state index in [0.29, 0.717) is 11.5 Å². The summed E-state index contributed by atoms with van der Waals surface area (Å²) < 4.78 is 6.62. The van der Waals surface area contributed by atoms with E-state index in [1.54, 1.807) is 49.7 Å². The lowest BCUT2D eigenvalue weighted by Crippen LogP contribution is -2.05. The molecular weight excluding hydrogens is 270 g/mol.